The van der Waals surface area contributed by atoms with Crippen LogP contribution in [0.2, 0.25) is 0 Å². The molecular formula is C22H28ClN3O2. The Labute approximate surface area is 172 Å². The van der Waals surface area contributed by atoms with E-state index in [2.05, 4.69) is 10.6 Å². The molecule has 0 aromatic heterocycles. The molecule has 150 valence electrons. The second-order valence-electron chi connectivity index (χ2n) is 7.11. The lowest BCUT2D eigenvalue weighted by Crippen LogP contribution is -2.45. The van der Waals surface area contributed by atoms with Gasteiger partial charge in [-0.15, -0.1) is 12.4 Å². The van der Waals surface area contributed by atoms with E-state index >= 15 is 0 Å². The van der Waals surface area contributed by atoms with Crippen molar-refractivity contribution in [3.63, 3.8) is 0 Å². The van der Waals surface area contributed by atoms with E-state index in [1.165, 1.54) is 19.3 Å². The molecule has 0 aliphatic heterocycles. The van der Waals surface area contributed by atoms with E-state index in [-0.39, 0.29) is 30.3 Å². The molecule has 1 fully saturated rings. The standard InChI is InChI=1S/C22H27N3O2.ClH/c23-15-20(16-7-3-1-4-8-16)25-22(27)18-11-13-19(14-12-18)24-21(26)17-9-5-2-6-10-17;/h2,5-6,9-14,16,20H,1,3-4,7-8,15,23H2,(H,24,26)(H,25,27);1H. The van der Waals surface area contributed by atoms with Crippen molar-refractivity contribution in [1.29, 1.82) is 0 Å². The average Bonchev–Trinajstić information content (AvgIpc) is 2.73. The highest BCUT2D eigenvalue weighted by molar-refractivity contribution is 6.04. The summed E-state index contributed by atoms with van der Waals surface area (Å²) in [6, 6.07) is 16.0. The maximum absolute atomic E-state index is 12.6. The fourth-order valence-corrected chi connectivity index (χ4v) is 3.66. The Morgan fingerprint density at radius 3 is 2.11 bits per heavy atom. The third kappa shape index (κ3) is 5.81. The highest BCUT2D eigenvalue weighted by Crippen LogP contribution is 2.26. The van der Waals surface area contributed by atoms with Crippen LogP contribution in [0, 0.1) is 5.92 Å². The van der Waals surface area contributed by atoms with Gasteiger partial charge in [-0.1, -0.05) is 37.5 Å². The summed E-state index contributed by atoms with van der Waals surface area (Å²) in [5.74, 6) is 0.183. The Kier molecular flexibility index (Phi) is 8.48. The van der Waals surface area contributed by atoms with Crippen molar-refractivity contribution < 1.29 is 9.59 Å². The molecule has 1 aliphatic carbocycles. The minimum absolute atomic E-state index is 0. The van der Waals surface area contributed by atoms with Crippen molar-refractivity contribution in [3.05, 3.63) is 65.7 Å². The van der Waals surface area contributed by atoms with Crippen LogP contribution in [0.5, 0.6) is 0 Å². The van der Waals surface area contributed by atoms with Gasteiger partial charge in [0.1, 0.15) is 0 Å². The molecule has 0 spiro atoms. The van der Waals surface area contributed by atoms with Crippen molar-refractivity contribution >= 4 is 29.9 Å². The van der Waals surface area contributed by atoms with Gasteiger partial charge in [-0.05, 0) is 55.2 Å². The van der Waals surface area contributed by atoms with Gasteiger partial charge in [0.25, 0.3) is 11.8 Å². The molecule has 1 aliphatic rings. The molecule has 3 rings (SSSR count). The fraction of sp³-hybridized carbons (Fsp3) is 0.364. The number of hydrogen-bond acceptors (Lipinski definition) is 3. The van der Waals surface area contributed by atoms with Crippen LogP contribution in [0.1, 0.15) is 52.8 Å². The predicted octanol–water partition coefficient (Wildman–Crippen LogP) is 4.00. The van der Waals surface area contributed by atoms with Crippen molar-refractivity contribution in [2.75, 3.05) is 11.9 Å². The maximum Gasteiger partial charge on any atom is 0.255 e. The monoisotopic (exact) mass is 401 g/mol. The van der Waals surface area contributed by atoms with Crippen LogP contribution in [0.4, 0.5) is 5.69 Å². The van der Waals surface area contributed by atoms with Gasteiger partial charge >= 0.3 is 0 Å². The molecule has 6 heteroatoms. The number of nitrogens with one attached hydrogen (secondary N) is 2. The van der Waals surface area contributed by atoms with Gasteiger partial charge in [-0.3, -0.25) is 9.59 Å². The predicted molar refractivity (Wildman–Crippen MR) is 115 cm³/mol. The van der Waals surface area contributed by atoms with E-state index < -0.39 is 0 Å². The van der Waals surface area contributed by atoms with E-state index in [1.54, 1.807) is 36.4 Å². The average molecular weight is 402 g/mol. The Morgan fingerprint density at radius 2 is 1.50 bits per heavy atom. The van der Waals surface area contributed by atoms with Crippen molar-refractivity contribution in [3.8, 4) is 0 Å². The Bertz CT molecular complexity index is 759. The number of nitrogens with two attached hydrogens (primary N) is 1. The highest BCUT2D eigenvalue weighted by atomic mass is 35.5. The largest absolute Gasteiger partial charge is 0.348 e. The van der Waals surface area contributed by atoms with E-state index in [1.807, 2.05) is 18.2 Å². The summed E-state index contributed by atoms with van der Waals surface area (Å²) >= 11 is 0. The Hall–Kier alpha value is -2.37. The molecule has 0 bridgehead atoms. The summed E-state index contributed by atoms with van der Waals surface area (Å²) in [6.07, 6.45) is 5.97. The number of anilines is 1. The summed E-state index contributed by atoms with van der Waals surface area (Å²) < 4.78 is 0. The maximum atomic E-state index is 12.6. The smallest absolute Gasteiger partial charge is 0.255 e. The molecule has 0 heterocycles. The van der Waals surface area contributed by atoms with Gasteiger partial charge in [0.15, 0.2) is 0 Å². The number of amides is 2. The summed E-state index contributed by atoms with van der Waals surface area (Å²) in [5, 5.41) is 5.92. The molecule has 1 saturated carbocycles. The number of carbonyl (C=O) groups is 2. The molecule has 2 aromatic carbocycles. The van der Waals surface area contributed by atoms with Crippen LogP contribution >= 0.6 is 12.4 Å². The lowest BCUT2D eigenvalue weighted by atomic mass is 9.84. The summed E-state index contributed by atoms with van der Waals surface area (Å²) in [5.41, 5.74) is 7.72. The minimum atomic E-state index is -0.173. The van der Waals surface area contributed by atoms with Crippen LogP contribution in [0.3, 0.4) is 0 Å². The third-order valence-electron chi connectivity index (χ3n) is 5.23. The Morgan fingerprint density at radius 1 is 0.893 bits per heavy atom. The molecule has 1 unspecified atom stereocenters. The first kappa shape index (κ1) is 21.9. The first-order chi connectivity index (χ1) is 13.2. The van der Waals surface area contributed by atoms with Crippen LogP contribution in [0.25, 0.3) is 0 Å². The van der Waals surface area contributed by atoms with Gasteiger partial charge in [-0.25, -0.2) is 0 Å². The summed E-state index contributed by atoms with van der Waals surface area (Å²) in [4.78, 5) is 24.7. The van der Waals surface area contributed by atoms with Crippen LogP contribution < -0.4 is 16.4 Å². The van der Waals surface area contributed by atoms with Gasteiger partial charge in [0.05, 0.1) is 0 Å². The van der Waals surface area contributed by atoms with Gasteiger partial charge < -0.3 is 16.4 Å². The molecule has 5 nitrogen and oxygen atoms in total. The van der Waals surface area contributed by atoms with Crippen molar-refractivity contribution in [1.82, 2.24) is 5.32 Å². The van der Waals surface area contributed by atoms with E-state index in [0.717, 1.165) is 12.8 Å². The molecule has 1 atom stereocenters. The van der Waals surface area contributed by atoms with Crippen LogP contribution in [0.15, 0.2) is 54.6 Å². The topological polar surface area (TPSA) is 84.2 Å². The molecule has 0 saturated heterocycles. The molecule has 0 radical (unpaired) electrons. The van der Waals surface area contributed by atoms with Gasteiger partial charge in [0, 0.05) is 29.4 Å². The Balaban J connectivity index is 0.00000280. The van der Waals surface area contributed by atoms with Gasteiger partial charge in [0.2, 0.25) is 0 Å². The van der Waals surface area contributed by atoms with Gasteiger partial charge in [-0.2, -0.15) is 0 Å². The first-order valence-corrected chi connectivity index (χ1v) is 9.65. The lowest BCUT2D eigenvalue weighted by molar-refractivity contribution is 0.0915. The normalized spacial score (nSPS) is 15.2. The number of hydrogen-bond donors (Lipinski definition) is 3. The molecular weight excluding hydrogens is 374 g/mol. The van der Waals surface area contributed by atoms with Crippen LogP contribution in [-0.2, 0) is 0 Å². The zero-order valence-corrected chi connectivity index (χ0v) is 16.7. The van der Waals surface area contributed by atoms with E-state index in [4.69, 9.17) is 5.73 Å². The highest BCUT2D eigenvalue weighted by Gasteiger charge is 2.24. The fourth-order valence-electron chi connectivity index (χ4n) is 3.66. The second kappa shape index (κ2) is 10.8. The zero-order valence-electron chi connectivity index (χ0n) is 15.9. The van der Waals surface area contributed by atoms with E-state index in [9.17, 15) is 9.59 Å². The van der Waals surface area contributed by atoms with E-state index in [0.29, 0.717) is 29.3 Å². The summed E-state index contributed by atoms with van der Waals surface area (Å²) in [7, 11) is 0. The molecule has 4 N–H and O–H groups in total. The number of halogens is 1. The molecule has 2 aromatic rings. The molecule has 28 heavy (non-hydrogen) atoms. The first-order valence-electron chi connectivity index (χ1n) is 9.65. The summed E-state index contributed by atoms with van der Waals surface area (Å²) in [6.45, 7) is 0.460. The zero-order chi connectivity index (χ0) is 19.1. The number of carbonyl (C=O) groups excluding carboxylic acids is 2. The SMILES string of the molecule is Cl.NCC(NC(=O)c1ccc(NC(=O)c2ccccc2)cc1)C1CCCCC1. The minimum Gasteiger partial charge on any atom is -0.348 e. The van der Waals surface area contributed by atoms with Crippen molar-refractivity contribution in [2.45, 2.75) is 38.1 Å². The quantitative estimate of drug-likeness (QED) is 0.684. The molecule has 2 amide bonds. The van der Waals surface area contributed by atoms with Crippen molar-refractivity contribution in [2.24, 2.45) is 11.7 Å². The number of rotatable bonds is 6. The second-order valence-corrected chi connectivity index (χ2v) is 7.11. The number of benzene rings is 2. The van der Waals surface area contributed by atoms with Crippen LogP contribution in [-0.4, -0.2) is 24.4 Å². The lowest BCUT2D eigenvalue weighted by Gasteiger charge is -2.30. The third-order valence-corrected chi connectivity index (χ3v) is 5.23.